The Morgan fingerprint density at radius 3 is 2.79 bits per heavy atom. The van der Waals surface area contributed by atoms with E-state index in [1.54, 1.807) is 9.36 Å². The standard InChI is InChI=1S/C20H25N7O/c1-12-22-19(16-11-21-26(2)20(16)23-12)24-14-6-8-15(9-7-14)27-18(28)10-13-4-3-5-17(13)25-27/h10-11,14-15H,3-9H2,1-2H3,(H,22,23,24). The minimum absolute atomic E-state index is 0.0561. The molecule has 1 saturated carbocycles. The first-order chi connectivity index (χ1) is 13.6. The third-order valence-electron chi connectivity index (χ3n) is 6.07. The van der Waals surface area contributed by atoms with Gasteiger partial charge in [-0.15, -0.1) is 0 Å². The molecule has 0 radical (unpaired) electrons. The summed E-state index contributed by atoms with van der Waals surface area (Å²) in [6.07, 6.45) is 8.80. The van der Waals surface area contributed by atoms with E-state index in [1.165, 1.54) is 0 Å². The second kappa shape index (κ2) is 6.68. The predicted octanol–water partition coefficient (Wildman–Crippen LogP) is 2.31. The van der Waals surface area contributed by atoms with Gasteiger partial charge in [-0.2, -0.15) is 10.2 Å². The van der Waals surface area contributed by atoms with Crippen LogP contribution in [0.25, 0.3) is 11.0 Å². The van der Waals surface area contributed by atoms with E-state index in [4.69, 9.17) is 5.10 Å². The summed E-state index contributed by atoms with van der Waals surface area (Å²) in [6, 6.07) is 2.34. The first-order valence-electron chi connectivity index (χ1n) is 10.1. The van der Waals surface area contributed by atoms with Crippen LogP contribution in [-0.2, 0) is 19.9 Å². The summed E-state index contributed by atoms with van der Waals surface area (Å²) in [5.74, 6) is 1.59. The van der Waals surface area contributed by atoms with Crippen LogP contribution in [-0.4, -0.2) is 35.6 Å². The van der Waals surface area contributed by atoms with Crippen LogP contribution in [0, 0.1) is 6.92 Å². The highest BCUT2D eigenvalue weighted by molar-refractivity contribution is 5.86. The average molecular weight is 379 g/mol. The van der Waals surface area contributed by atoms with E-state index in [9.17, 15) is 4.79 Å². The molecule has 1 fully saturated rings. The van der Waals surface area contributed by atoms with Gasteiger partial charge in [0.1, 0.15) is 11.6 Å². The maximum Gasteiger partial charge on any atom is 0.267 e. The third-order valence-corrected chi connectivity index (χ3v) is 6.07. The zero-order chi connectivity index (χ0) is 19.3. The quantitative estimate of drug-likeness (QED) is 0.751. The Balaban J connectivity index is 1.31. The molecule has 146 valence electrons. The van der Waals surface area contributed by atoms with Gasteiger partial charge >= 0.3 is 0 Å². The zero-order valence-electron chi connectivity index (χ0n) is 16.4. The van der Waals surface area contributed by atoms with E-state index in [1.807, 2.05) is 26.2 Å². The van der Waals surface area contributed by atoms with E-state index in [0.29, 0.717) is 6.04 Å². The smallest absolute Gasteiger partial charge is 0.267 e. The minimum Gasteiger partial charge on any atom is -0.367 e. The summed E-state index contributed by atoms with van der Waals surface area (Å²) in [5, 5.41) is 13.5. The number of nitrogens with zero attached hydrogens (tertiary/aromatic N) is 6. The lowest BCUT2D eigenvalue weighted by Crippen LogP contribution is -2.34. The molecule has 0 aliphatic heterocycles. The van der Waals surface area contributed by atoms with E-state index in [0.717, 1.165) is 78.9 Å². The summed E-state index contributed by atoms with van der Waals surface area (Å²) < 4.78 is 3.52. The largest absolute Gasteiger partial charge is 0.367 e. The molecular weight excluding hydrogens is 354 g/mol. The Bertz CT molecular complexity index is 1090. The Labute approximate surface area is 163 Å². The van der Waals surface area contributed by atoms with E-state index in [2.05, 4.69) is 20.4 Å². The summed E-state index contributed by atoms with van der Waals surface area (Å²) in [4.78, 5) is 21.6. The number of anilines is 1. The van der Waals surface area contributed by atoms with Crippen molar-refractivity contribution < 1.29 is 0 Å². The lowest BCUT2D eigenvalue weighted by Gasteiger charge is -2.30. The molecule has 0 aromatic carbocycles. The molecular formula is C20H25N7O. The zero-order valence-corrected chi connectivity index (χ0v) is 16.4. The molecule has 8 nitrogen and oxygen atoms in total. The normalized spacial score (nSPS) is 21.8. The minimum atomic E-state index is 0.0561. The van der Waals surface area contributed by atoms with Crippen molar-refractivity contribution in [3.8, 4) is 0 Å². The SMILES string of the molecule is Cc1nc(NC2CCC(n3nc4c(cc3=O)CCC4)CC2)c2cnn(C)c2n1. The first kappa shape index (κ1) is 17.3. The number of hydrogen-bond acceptors (Lipinski definition) is 6. The monoisotopic (exact) mass is 379 g/mol. The van der Waals surface area contributed by atoms with Crippen molar-refractivity contribution in [1.29, 1.82) is 0 Å². The molecule has 8 heteroatoms. The molecule has 28 heavy (non-hydrogen) atoms. The van der Waals surface area contributed by atoms with Crippen molar-refractivity contribution in [3.05, 3.63) is 39.7 Å². The highest BCUT2D eigenvalue weighted by Gasteiger charge is 2.26. The molecule has 0 atom stereocenters. The van der Waals surface area contributed by atoms with Crippen LogP contribution < -0.4 is 10.9 Å². The van der Waals surface area contributed by atoms with E-state index >= 15 is 0 Å². The highest BCUT2D eigenvalue weighted by Crippen LogP contribution is 2.30. The van der Waals surface area contributed by atoms with Gasteiger partial charge in [-0.05, 0) is 57.4 Å². The highest BCUT2D eigenvalue weighted by atomic mass is 16.1. The summed E-state index contributed by atoms with van der Waals surface area (Å²) in [7, 11) is 1.89. The molecule has 5 rings (SSSR count). The maximum atomic E-state index is 12.5. The summed E-state index contributed by atoms with van der Waals surface area (Å²) >= 11 is 0. The van der Waals surface area contributed by atoms with Gasteiger partial charge in [0.25, 0.3) is 5.56 Å². The van der Waals surface area contributed by atoms with E-state index < -0.39 is 0 Å². The van der Waals surface area contributed by atoms with Gasteiger partial charge in [-0.25, -0.2) is 14.6 Å². The topological polar surface area (TPSA) is 90.5 Å². The van der Waals surface area contributed by atoms with Gasteiger partial charge in [0.15, 0.2) is 5.65 Å². The fraction of sp³-hybridized carbons (Fsp3) is 0.550. The number of aromatic nitrogens is 6. The number of fused-ring (bicyclic) bond motifs is 2. The molecule has 2 aliphatic carbocycles. The van der Waals surface area contributed by atoms with Crippen molar-refractivity contribution in [2.24, 2.45) is 7.05 Å². The summed E-state index contributed by atoms with van der Waals surface area (Å²) in [5.41, 5.74) is 3.17. The molecule has 0 amide bonds. The van der Waals surface area contributed by atoms with Gasteiger partial charge in [0.2, 0.25) is 0 Å². The molecule has 3 aromatic heterocycles. The Morgan fingerprint density at radius 1 is 1.14 bits per heavy atom. The molecule has 3 aromatic rings. The van der Waals surface area contributed by atoms with Gasteiger partial charge in [-0.3, -0.25) is 9.48 Å². The fourth-order valence-corrected chi connectivity index (χ4v) is 4.58. The number of nitrogens with one attached hydrogen (secondary N) is 1. The van der Waals surface area contributed by atoms with Crippen LogP contribution in [0.2, 0.25) is 0 Å². The van der Waals surface area contributed by atoms with Crippen LogP contribution in [0.3, 0.4) is 0 Å². The van der Waals surface area contributed by atoms with Gasteiger partial charge in [0, 0.05) is 19.2 Å². The van der Waals surface area contributed by atoms with Crippen molar-refractivity contribution in [2.75, 3.05) is 5.32 Å². The molecule has 0 spiro atoms. The van der Waals surface area contributed by atoms with Crippen molar-refractivity contribution in [1.82, 2.24) is 29.5 Å². The van der Waals surface area contributed by atoms with Crippen LogP contribution >= 0.6 is 0 Å². The molecule has 3 heterocycles. The van der Waals surface area contributed by atoms with Crippen molar-refractivity contribution in [2.45, 2.75) is 64.0 Å². The van der Waals surface area contributed by atoms with E-state index in [-0.39, 0.29) is 11.6 Å². The molecule has 0 unspecified atom stereocenters. The second-order valence-electron chi connectivity index (χ2n) is 8.03. The molecule has 0 saturated heterocycles. The molecule has 1 N–H and O–H groups in total. The van der Waals surface area contributed by atoms with Crippen molar-refractivity contribution in [3.63, 3.8) is 0 Å². The fourth-order valence-electron chi connectivity index (χ4n) is 4.58. The van der Waals surface area contributed by atoms with Crippen LogP contribution in [0.5, 0.6) is 0 Å². The maximum absolute atomic E-state index is 12.5. The number of hydrogen-bond donors (Lipinski definition) is 1. The third kappa shape index (κ3) is 2.96. The van der Waals surface area contributed by atoms with Crippen LogP contribution in [0.4, 0.5) is 5.82 Å². The lowest BCUT2D eigenvalue weighted by atomic mass is 9.91. The van der Waals surface area contributed by atoms with Gasteiger partial charge in [0.05, 0.1) is 23.3 Å². The van der Waals surface area contributed by atoms with Gasteiger partial charge < -0.3 is 5.32 Å². The Kier molecular flexibility index (Phi) is 4.14. The Hall–Kier alpha value is -2.77. The van der Waals surface area contributed by atoms with Crippen LogP contribution in [0.1, 0.15) is 55.2 Å². The first-order valence-corrected chi connectivity index (χ1v) is 10.1. The average Bonchev–Trinajstić information content (AvgIpc) is 3.28. The van der Waals surface area contributed by atoms with Gasteiger partial charge in [-0.1, -0.05) is 0 Å². The molecule has 0 bridgehead atoms. The predicted molar refractivity (Wildman–Crippen MR) is 106 cm³/mol. The molecule has 2 aliphatic rings. The number of rotatable bonds is 3. The number of aryl methyl sites for hydroxylation is 4. The Morgan fingerprint density at radius 2 is 1.96 bits per heavy atom. The van der Waals surface area contributed by atoms with Crippen LogP contribution in [0.15, 0.2) is 17.1 Å². The summed E-state index contributed by atoms with van der Waals surface area (Å²) in [6.45, 7) is 1.90. The second-order valence-corrected chi connectivity index (χ2v) is 8.03. The lowest BCUT2D eigenvalue weighted by molar-refractivity contribution is 0.302. The van der Waals surface area contributed by atoms with Crippen molar-refractivity contribution >= 4 is 16.9 Å².